The van der Waals surface area contributed by atoms with E-state index in [1.807, 2.05) is 0 Å². The minimum absolute atomic E-state index is 0.0251. The molecule has 0 saturated carbocycles. The van der Waals surface area contributed by atoms with Crippen LogP contribution in [0.2, 0.25) is 0 Å². The van der Waals surface area contributed by atoms with Gasteiger partial charge in [0.2, 0.25) is 5.69 Å². The predicted octanol–water partition coefficient (Wildman–Crippen LogP) is 6.11. The summed E-state index contributed by atoms with van der Waals surface area (Å²) >= 11 is 0. The molecule has 1 heterocycles. The van der Waals surface area contributed by atoms with Gasteiger partial charge < -0.3 is 0 Å². The highest BCUT2D eigenvalue weighted by atomic mass is 14.9. The zero-order chi connectivity index (χ0) is 19.8. The van der Waals surface area contributed by atoms with Gasteiger partial charge >= 0.3 is 0 Å². The van der Waals surface area contributed by atoms with Gasteiger partial charge in [-0.3, -0.25) is 0 Å². The molecule has 0 saturated heterocycles. The van der Waals surface area contributed by atoms with Gasteiger partial charge in [-0.2, -0.15) is 0 Å². The van der Waals surface area contributed by atoms with Crippen LogP contribution < -0.4 is 4.57 Å². The number of rotatable bonds is 3. The van der Waals surface area contributed by atoms with Gasteiger partial charge in [-0.05, 0) is 41.2 Å². The topological polar surface area (TPSA) is 3.88 Å². The Morgan fingerprint density at radius 1 is 0.704 bits per heavy atom. The van der Waals surface area contributed by atoms with Crippen molar-refractivity contribution in [2.45, 2.75) is 52.4 Å². The van der Waals surface area contributed by atoms with Gasteiger partial charge in [0.25, 0.3) is 0 Å². The summed E-state index contributed by atoms with van der Waals surface area (Å²) in [5.74, 6) is 0. The van der Waals surface area contributed by atoms with Crippen molar-refractivity contribution >= 4 is 0 Å². The van der Waals surface area contributed by atoms with Crippen LogP contribution in [0.25, 0.3) is 11.3 Å². The fourth-order valence-electron chi connectivity index (χ4n) is 3.70. The maximum Gasteiger partial charge on any atom is 0.212 e. The minimum Gasteiger partial charge on any atom is -0.201 e. The summed E-state index contributed by atoms with van der Waals surface area (Å²) < 4.78 is 2.26. The molecule has 0 unspecified atom stereocenters. The summed E-state index contributed by atoms with van der Waals surface area (Å²) in [6.07, 6.45) is 2.28. The molecule has 0 bridgehead atoms. The lowest BCUT2D eigenvalue weighted by molar-refractivity contribution is -0.661. The molecule has 0 N–H and O–H groups in total. The smallest absolute Gasteiger partial charge is 0.201 e. The van der Waals surface area contributed by atoms with E-state index in [4.69, 9.17) is 0 Å². The van der Waals surface area contributed by atoms with E-state index in [1.54, 1.807) is 0 Å². The van der Waals surface area contributed by atoms with Gasteiger partial charge in [-0.25, -0.2) is 4.57 Å². The van der Waals surface area contributed by atoms with Crippen LogP contribution >= 0.6 is 0 Å². The molecule has 0 amide bonds. The van der Waals surface area contributed by atoms with E-state index >= 15 is 0 Å². The van der Waals surface area contributed by atoms with Crippen molar-refractivity contribution in [3.63, 3.8) is 0 Å². The van der Waals surface area contributed by atoms with Crippen LogP contribution in [0.5, 0.6) is 0 Å². The van der Waals surface area contributed by atoms with Crippen LogP contribution in [0.4, 0.5) is 0 Å². The molecule has 0 radical (unpaired) electrons. The molecule has 0 aliphatic carbocycles. The van der Waals surface area contributed by atoms with Gasteiger partial charge in [0.15, 0.2) is 6.20 Å². The minimum atomic E-state index is -0.0251. The van der Waals surface area contributed by atoms with Crippen LogP contribution in [-0.2, 0) is 17.9 Å². The molecule has 1 heteroatoms. The van der Waals surface area contributed by atoms with Crippen molar-refractivity contribution in [2.24, 2.45) is 7.05 Å². The molecular weight excluding hydrogens is 326 g/mol. The monoisotopic (exact) mass is 358 g/mol. The standard InChI is InChI=1S/C26H32N/c1-19-17-21(25(2,3)4)13-15-23(19)24-16-14-22(18-27(24)7)26(5,6)20-11-9-8-10-12-20/h8-18H,1-7H3/q+1. The zero-order valence-electron chi connectivity index (χ0n) is 17.8. The highest BCUT2D eigenvalue weighted by molar-refractivity contribution is 5.62. The summed E-state index contributed by atoms with van der Waals surface area (Å²) in [6.45, 7) is 13.6. The maximum atomic E-state index is 2.33. The first-order chi connectivity index (χ1) is 12.6. The van der Waals surface area contributed by atoms with Gasteiger partial charge in [0.1, 0.15) is 7.05 Å². The normalized spacial score (nSPS) is 12.3. The molecule has 0 atom stereocenters. The van der Waals surface area contributed by atoms with Gasteiger partial charge in [-0.1, -0.05) is 77.1 Å². The average Bonchev–Trinajstić information content (AvgIpc) is 2.62. The Kier molecular flexibility index (Phi) is 4.99. The van der Waals surface area contributed by atoms with Crippen LogP contribution in [0.1, 0.15) is 56.9 Å². The first-order valence-corrected chi connectivity index (χ1v) is 9.78. The quantitative estimate of drug-likeness (QED) is 0.497. The van der Waals surface area contributed by atoms with Gasteiger partial charge in [-0.15, -0.1) is 0 Å². The molecule has 1 nitrogen and oxygen atoms in total. The van der Waals surface area contributed by atoms with Gasteiger partial charge in [0.05, 0.1) is 0 Å². The number of hydrogen-bond acceptors (Lipinski definition) is 0. The van der Waals surface area contributed by atoms with E-state index in [-0.39, 0.29) is 10.8 Å². The summed E-state index contributed by atoms with van der Waals surface area (Å²) in [7, 11) is 2.15. The summed E-state index contributed by atoms with van der Waals surface area (Å²) in [6, 6.07) is 22.1. The molecular formula is C26H32N+. The molecule has 0 fully saturated rings. The predicted molar refractivity (Wildman–Crippen MR) is 115 cm³/mol. The van der Waals surface area contributed by atoms with Crippen molar-refractivity contribution in [3.8, 4) is 11.3 Å². The Balaban J connectivity index is 2.01. The Morgan fingerprint density at radius 3 is 1.89 bits per heavy atom. The first-order valence-electron chi connectivity index (χ1n) is 9.78. The van der Waals surface area contributed by atoms with E-state index < -0.39 is 0 Å². The van der Waals surface area contributed by atoms with Crippen molar-refractivity contribution in [2.75, 3.05) is 0 Å². The molecule has 3 aromatic rings. The van der Waals surface area contributed by atoms with Crippen LogP contribution in [0, 0.1) is 6.92 Å². The third-order valence-corrected chi connectivity index (χ3v) is 5.72. The number of aromatic nitrogens is 1. The fraction of sp³-hybridized carbons (Fsp3) is 0.346. The lowest BCUT2D eigenvalue weighted by Crippen LogP contribution is -2.34. The second-order valence-corrected chi connectivity index (χ2v) is 9.18. The summed E-state index contributed by atoms with van der Waals surface area (Å²) in [5.41, 5.74) is 8.07. The molecule has 3 rings (SSSR count). The Morgan fingerprint density at radius 2 is 1.33 bits per heavy atom. The van der Waals surface area contributed by atoms with E-state index in [0.717, 1.165) is 0 Å². The van der Waals surface area contributed by atoms with Crippen LogP contribution in [0.3, 0.4) is 0 Å². The van der Waals surface area contributed by atoms with E-state index in [0.29, 0.717) is 0 Å². The Hall–Kier alpha value is -2.41. The summed E-state index contributed by atoms with van der Waals surface area (Å²) in [5, 5.41) is 0. The number of aryl methyl sites for hydroxylation is 2. The van der Waals surface area contributed by atoms with Crippen molar-refractivity contribution in [3.05, 3.63) is 89.1 Å². The summed E-state index contributed by atoms with van der Waals surface area (Å²) in [4.78, 5) is 0. The van der Waals surface area contributed by atoms with E-state index in [2.05, 4.69) is 120 Å². The van der Waals surface area contributed by atoms with E-state index in [9.17, 15) is 0 Å². The molecule has 140 valence electrons. The molecule has 0 aliphatic rings. The highest BCUT2D eigenvalue weighted by Crippen LogP contribution is 2.32. The molecule has 0 spiro atoms. The van der Waals surface area contributed by atoms with Gasteiger partial charge in [0, 0.05) is 22.6 Å². The highest BCUT2D eigenvalue weighted by Gasteiger charge is 2.26. The third kappa shape index (κ3) is 3.83. The average molecular weight is 359 g/mol. The number of benzene rings is 2. The number of pyridine rings is 1. The second kappa shape index (κ2) is 6.96. The van der Waals surface area contributed by atoms with Crippen molar-refractivity contribution < 1.29 is 4.57 Å². The lowest BCUT2D eigenvalue weighted by Gasteiger charge is -2.25. The first kappa shape index (κ1) is 19.4. The van der Waals surface area contributed by atoms with Crippen molar-refractivity contribution in [1.82, 2.24) is 0 Å². The van der Waals surface area contributed by atoms with Crippen LogP contribution in [0.15, 0.2) is 66.9 Å². The van der Waals surface area contributed by atoms with Crippen LogP contribution in [-0.4, -0.2) is 0 Å². The van der Waals surface area contributed by atoms with E-state index in [1.165, 1.54) is 33.5 Å². The number of nitrogens with zero attached hydrogens (tertiary/aromatic N) is 1. The zero-order valence-corrected chi connectivity index (χ0v) is 17.8. The fourth-order valence-corrected chi connectivity index (χ4v) is 3.70. The maximum absolute atomic E-state index is 2.33. The molecule has 0 aliphatic heterocycles. The molecule has 2 aromatic carbocycles. The van der Waals surface area contributed by atoms with Crippen molar-refractivity contribution in [1.29, 1.82) is 0 Å². The lowest BCUT2D eigenvalue weighted by atomic mass is 9.78. The Bertz CT molecular complexity index is 944. The number of hydrogen-bond donors (Lipinski definition) is 0. The molecule has 27 heavy (non-hydrogen) atoms. The third-order valence-electron chi connectivity index (χ3n) is 5.72. The second-order valence-electron chi connectivity index (χ2n) is 9.18. The SMILES string of the molecule is Cc1cc(C(C)(C)C)ccc1-c1ccc(C(C)(C)c2ccccc2)c[n+]1C. The molecule has 1 aromatic heterocycles. The Labute approximate surface area is 164 Å². The largest absolute Gasteiger partial charge is 0.212 e.